The molecule has 1 aromatic rings. The number of hydrogen-bond acceptors (Lipinski definition) is 3. The Morgan fingerprint density at radius 1 is 0.920 bits per heavy atom. The van der Waals surface area contributed by atoms with Gasteiger partial charge in [-0.2, -0.15) is 0 Å². The van der Waals surface area contributed by atoms with Gasteiger partial charge in [0.2, 0.25) is 7.37 Å². The molecule has 0 radical (unpaired) electrons. The van der Waals surface area contributed by atoms with E-state index in [4.69, 9.17) is 10.2 Å². The molecule has 0 fully saturated rings. The zero-order valence-electron chi connectivity index (χ0n) is 14.3. The van der Waals surface area contributed by atoms with E-state index in [1.54, 1.807) is 24.3 Å². The Bertz CT molecular complexity index is 586. The summed E-state index contributed by atoms with van der Waals surface area (Å²) < 4.78 is 12.2. The fraction of sp³-hybridized carbons (Fsp3) is 0.556. The highest BCUT2D eigenvalue weighted by atomic mass is 31.2. The predicted molar refractivity (Wildman–Crippen MR) is 96.5 cm³/mol. The van der Waals surface area contributed by atoms with Crippen molar-refractivity contribution in [2.75, 3.05) is 6.16 Å². The highest BCUT2D eigenvalue weighted by molar-refractivity contribution is 7.66. The Morgan fingerprint density at radius 3 is 2.12 bits per heavy atom. The van der Waals surface area contributed by atoms with Crippen LogP contribution in [0.2, 0.25) is 0 Å². The molecule has 2 atom stereocenters. The van der Waals surface area contributed by atoms with Crippen molar-refractivity contribution < 1.29 is 29.3 Å². The van der Waals surface area contributed by atoms with Crippen LogP contribution in [0.3, 0.4) is 0 Å². The van der Waals surface area contributed by atoms with Gasteiger partial charge in [0, 0.05) is 17.9 Å². The van der Waals surface area contributed by atoms with Crippen molar-refractivity contribution in [1.82, 2.24) is 0 Å². The molecule has 2 unspecified atom stereocenters. The van der Waals surface area contributed by atoms with E-state index in [1.807, 2.05) is 6.07 Å². The number of hydrogen-bond donors (Lipinski definition) is 3. The molecule has 0 aliphatic heterocycles. The lowest BCUT2D eigenvalue weighted by atomic mass is 9.96. The molecule has 1 aromatic carbocycles. The van der Waals surface area contributed by atoms with Gasteiger partial charge < -0.3 is 15.1 Å². The number of carbonyl (C=O) groups is 2. The van der Waals surface area contributed by atoms with Gasteiger partial charge in [0.15, 0.2) is 0 Å². The maximum atomic E-state index is 12.2. The zero-order chi connectivity index (χ0) is 18.7. The third kappa shape index (κ3) is 8.84. The molecule has 7 heteroatoms. The molecule has 6 nitrogen and oxygen atoms in total. The van der Waals surface area contributed by atoms with Crippen molar-refractivity contribution in [2.45, 2.75) is 51.4 Å². The van der Waals surface area contributed by atoms with E-state index in [0.717, 1.165) is 25.7 Å². The van der Waals surface area contributed by atoms with Gasteiger partial charge in [-0.05, 0) is 31.4 Å². The summed E-state index contributed by atoms with van der Waals surface area (Å²) in [6, 6.07) is 8.65. The molecule has 0 spiro atoms. The van der Waals surface area contributed by atoms with Crippen molar-refractivity contribution in [3.63, 3.8) is 0 Å². The normalized spacial score (nSPS) is 14.6. The average molecular weight is 370 g/mol. The van der Waals surface area contributed by atoms with Gasteiger partial charge in [-0.3, -0.25) is 14.2 Å². The van der Waals surface area contributed by atoms with Gasteiger partial charge >= 0.3 is 11.9 Å². The molecule has 0 bridgehead atoms. The van der Waals surface area contributed by atoms with E-state index in [9.17, 15) is 19.0 Å². The Kier molecular flexibility index (Phi) is 9.46. The van der Waals surface area contributed by atoms with Crippen molar-refractivity contribution >= 4 is 24.6 Å². The van der Waals surface area contributed by atoms with Crippen LogP contribution < -0.4 is 5.30 Å². The number of rotatable bonds is 13. The standard InChI is InChI=1S/C18H27O6P/c19-17(20)13-12-15(18(21)22)9-5-2-1-3-8-14-25(23,24)16-10-6-4-7-11-16/h4,6-7,10-11,15H,1-3,5,8-9,12-14H2,(H,19,20)(H,21,22)(H,23,24). The summed E-state index contributed by atoms with van der Waals surface area (Å²) in [6.45, 7) is 0. The molecule has 3 N–H and O–H groups in total. The summed E-state index contributed by atoms with van der Waals surface area (Å²) in [5.41, 5.74) is 0. The smallest absolute Gasteiger partial charge is 0.306 e. The Labute approximate surface area is 148 Å². The number of carboxylic acid groups (broad SMARTS) is 2. The Balaban J connectivity index is 2.18. The molecule has 140 valence electrons. The first-order chi connectivity index (χ1) is 11.8. The first kappa shape index (κ1) is 21.4. The molecule has 0 aliphatic rings. The predicted octanol–water partition coefficient (Wildman–Crippen LogP) is 3.49. The lowest BCUT2D eigenvalue weighted by Crippen LogP contribution is -2.15. The summed E-state index contributed by atoms with van der Waals surface area (Å²) >= 11 is 0. The highest BCUT2D eigenvalue weighted by Gasteiger charge is 2.20. The van der Waals surface area contributed by atoms with Crippen molar-refractivity contribution in [3.8, 4) is 0 Å². The fourth-order valence-corrected chi connectivity index (χ4v) is 4.27. The van der Waals surface area contributed by atoms with Crippen LogP contribution in [-0.4, -0.2) is 33.2 Å². The SMILES string of the molecule is O=C(O)CCC(CCCCCCCP(=O)(O)c1ccccc1)C(=O)O. The minimum Gasteiger partial charge on any atom is -0.481 e. The maximum Gasteiger partial charge on any atom is 0.306 e. The van der Waals surface area contributed by atoms with E-state index in [1.165, 1.54) is 0 Å². The van der Waals surface area contributed by atoms with Gasteiger partial charge in [-0.1, -0.05) is 43.9 Å². The molecule has 0 heterocycles. The van der Waals surface area contributed by atoms with E-state index >= 15 is 0 Å². The summed E-state index contributed by atoms with van der Waals surface area (Å²) in [4.78, 5) is 31.7. The summed E-state index contributed by atoms with van der Waals surface area (Å²) in [5, 5.41) is 18.2. The van der Waals surface area contributed by atoms with Crippen LogP contribution in [0.5, 0.6) is 0 Å². The zero-order valence-corrected chi connectivity index (χ0v) is 15.2. The lowest BCUT2D eigenvalue weighted by Gasteiger charge is -2.12. The molecule has 1 rings (SSSR count). The van der Waals surface area contributed by atoms with Crippen LogP contribution in [-0.2, 0) is 14.2 Å². The quantitative estimate of drug-likeness (QED) is 0.362. The number of carboxylic acids is 2. The number of benzene rings is 1. The van der Waals surface area contributed by atoms with Gasteiger partial charge in [0.05, 0.1) is 5.92 Å². The average Bonchev–Trinajstić information content (AvgIpc) is 2.56. The van der Waals surface area contributed by atoms with Gasteiger partial charge in [0.1, 0.15) is 0 Å². The van der Waals surface area contributed by atoms with Gasteiger partial charge in [-0.25, -0.2) is 0 Å². The second kappa shape index (κ2) is 11.1. The molecule has 0 aromatic heterocycles. The lowest BCUT2D eigenvalue weighted by molar-refractivity contribution is -0.143. The Morgan fingerprint density at radius 2 is 1.52 bits per heavy atom. The number of unbranched alkanes of at least 4 members (excludes halogenated alkanes) is 4. The van der Waals surface area contributed by atoms with E-state index in [0.29, 0.717) is 18.1 Å². The second-order valence-corrected chi connectivity index (χ2v) is 8.65. The van der Waals surface area contributed by atoms with Crippen LogP contribution in [0.25, 0.3) is 0 Å². The highest BCUT2D eigenvalue weighted by Crippen LogP contribution is 2.40. The summed E-state index contributed by atoms with van der Waals surface area (Å²) in [6.07, 6.45) is 4.70. The third-order valence-corrected chi connectivity index (χ3v) is 6.26. The minimum atomic E-state index is -3.28. The maximum absolute atomic E-state index is 12.2. The van der Waals surface area contributed by atoms with Crippen LogP contribution >= 0.6 is 7.37 Å². The molecule has 0 amide bonds. The van der Waals surface area contributed by atoms with Crippen LogP contribution in [0, 0.1) is 5.92 Å². The third-order valence-electron chi connectivity index (χ3n) is 4.23. The van der Waals surface area contributed by atoms with E-state index in [2.05, 4.69) is 0 Å². The first-order valence-corrected chi connectivity index (χ1v) is 10.5. The Hall–Kier alpha value is -1.65. The largest absolute Gasteiger partial charge is 0.481 e. The van der Waals surface area contributed by atoms with Crippen LogP contribution in [0.4, 0.5) is 0 Å². The molecule has 0 saturated heterocycles. The number of aliphatic carboxylic acids is 2. The van der Waals surface area contributed by atoms with Crippen LogP contribution in [0.15, 0.2) is 30.3 Å². The monoisotopic (exact) mass is 370 g/mol. The summed E-state index contributed by atoms with van der Waals surface area (Å²) in [7, 11) is -3.28. The fourth-order valence-electron chi connectivity index (χ4n) is 2.73. The molecule has 25 heavy (non-hydrogen) atoms. The van der Waals surface area contributed by atoms with Gasteiger partial charge in [0.25, 0.3) is 0 Å². The molecular weight excluding hydrogens is 343 g/mol. The van der Waals surface area contributed by atoms with Crippen molar-refractivity contribution in [2.24, 2.45) is 5.92 Å². The topological polar surface area (TPSA) is 112 Å². The molecule has 0 aliphatic carbocycles. The van der Waals surface area contributed by atoms with E-state index < -0.39 is 25.2 Å². The first-order valence-electron chi connectivity index (χ1n) is 8.65. The molecule has 0 saturated carbocycles. The van der Waals surface area contributed by atoms with E-state index in [-0.39, 0.29) is 19.0 Å². The summed E-state index contributed by atoms with van der Waals surface area (Å²) in [5.74, 6) is -2.52. The van der Waals surface area contributed by atoms with Crippen molar-refractivity contribution in [3.05, 3.63) is 30.3 Å². The van der Waals surface area contributed by atoms with Crippen LogP contribution in [0.1, 0.15) is 51.4 Å². The second-order valence-electron chi connectivity index (χ2n) is 6.28. The van der Waals surface area contributed by atoms with Crippen molar-refractivity contribution in [1.29, 1.82) is 0 Å². The van der Waals surface area contributed by atoms with Gasteiger partial charge in [-0.15, -0.1) is 0 Å². The minimum absolute atomic E-state index is 0.123. The molecular formula is C18H27O6P.